The van der Waals surface area contributed by atoms with Crippen LogP contribution in [0.4, 0.5) is 24.5 Å². The first kappa shape index (κ1) is 12.6. The van der Waals surface area contributed by atoms with Crippen molar-refractivity contribution in [2.75, 3.05) is 10.8 Å². The third kappa shape index (κ3) is 3.30. The second kappa shape index (κ2) is 4.61. The van der Waals surface area contributed by atoms with Crippen molar-refractivity contribution >= 4 is 11.4 Å². The summed E-state index contributed by atoms with van der Waals surface area (Å²) < 4.78 is 37.5. The molecule has 0 fully saturated rings. The molecule has 90 valence electrons. The van der Waals surface area contributed by atoms with E-state index in [1.165, 1.54) is 6.07 Å². The van der Waals surface area contributed by atoms with E-state index in [9.17, 15) is 13.2 Å². The monoisotopic (exact) mass is 234 g/mol. The highest BCUT2D eigenvalue weighted by Gasteiger charge is 2.31. The molecular formula is C10H13F3N2O. The van der Waals surface area contributed by atoms with Crippen LogP contribution in [0.3, 0.4) is 0 Å². The van der Waals surface area contributed by atoms with Gasteiger partial charge in [0, 0.05) is 11.7 Å². The van der Waals surface area contributed by atoms with Gasteiger partial charge in [-0.1, -0.05) is 0 Å². The van der Waals surface area contributed by atoms with Gasteiger partial charge < -0.3 is 5.32 Å². The molecular weight excluding hydrogens is 221 g/mol. The largest absolute Gasteiger partial charge is 0.416 e. The van der Waals surface area contributed by atoms with Crippen LogP contribution < -0.4 is 10.8 Å². The Kier molecular flexibility index (Phi) is 3.64. The second-order valence-electron chi connectivity index (χ2n) is 3.71. The lowest BCUT2D eigenvalue weighted by Gasteiger charge is -2.14. The number of halogens is 3. The van der Waals surface area contributed by atoms with Gasteiger partial charge in [-0.05, 0) is 32.0 Å². The van der Waals surface area contributed by atoms with Gasteiger partial charge in [0.1, 0.15) is 0 Å². The normalized spacial score (nSPS) is 11.7. The maximum absolute atomic E-state index is 12.5. The van der Waals surface area contributed by atoms with Crippen LogP contribution in [-0.4, -0.2) is 11.2 Å². The van der Waals surface area contributed by atoms with E-state index in [2.05, 4.69) is 5.32 Å². The van der Waals surface area contributed by atoms with Crippen LogP contribution in [0.5, 0.6) is 0 Å². The summed E-state index contributed by atoms with van der Waals surface area (Å²) in [5.74, 6) is 0. The van der Waals surface area contributed by atoms with Gasteiger partial charge in [-0.3, -0.25) is 10.7 Å². The first-order chi connectivity index (χ1) is 7.32. The van der Waals surface area contributed by atoms with Crippen LogP contribution in [0.15, 0.2) is 18.2 Å². The number of nitrogens with one attached hydrogen (secondary N) is 2. The zero-order chi connectivity index (χ0) is 12.3. The second-order valence-corrected chi connectivity index (χ2v) is 3.71. The average Bonchev–Trinajstić information content (AvgIpc) is 2.14. The highest BCUT2D eigenvalue weighted by atomic mass is 19.4. The van der Waals surface area contributed by atoms with Crippen molar-refractivity contribution in [3.8, 4) is 0 Å². The van der Waals surface area contributed by atoms with E-state index in [1.807, 2.05) is 13.8 Å². The molecule has 0 bridgehead atoms. The summed E-state index contributed by atoms with van der Waals surface area (Å²) in [4.78, 5) is 0. The molecule has 0 aromatic heterocycles. The molecule has 6 heteroatoms. The molecule has 0 unspecified atom stereocenters. The van der Waals surface area contributed by atoms with E-state index < -0.39 is 11.7 Å². The fraction of sp³-hybridized carbons (Fsp3) is 0.400. The van der Waals surface area contributed by atoms with Crippen molar-refractivity contribution in [3.05, 3.63) is 23.8 Å². The van der Waals surface area contributed by atoms with Gasteiger partial charge in [0.05, 0.1) is 11.3 Å². The van der Waals surface area contributed by atoms with E-state index in [-0.39, 0.29) is 11.7 Å². The van der Waals surface area contributed by atoms with E-state index in [4.69, 9.17) is 5.21 Å². The van der Waals surface area contributed by atoms with Crippen molar-refractivity contribution in [1.29, 1.82) is 0 Å². The standard InChI is InChI=1S/C10H13F3N2O/c1-6(2)14-8-3-7(10(11,12)13)4-9(5-8)15-16/h3-6,14-16H,1-2H3. The van der Waals surface area contributed by atoms with Crippen molar-refractivity contribution in [1.82, 2.24) is 0 Å². The van der Waals surface area contributed by atoms with E-state index in [0.29, 0.717) is 5.69 Å². The van der Waals surface area contributed by atoms with Crippen LogP contribution >= 0.6 is 0 Å². The lowest BCUT2D eigenvalue weighted by atomic mass is 10.1. The fourth-order valence-corrected chi connectivity index (χ4v) is 1.27. The molecule has 1 rings (SSSR count). The number of alkyl halides is 3. The molecule has 0 spiro atoms. The summed E-state index contributed by atoms with van der Waals surface area (Å²) in [5, 5.41) is 11.5. The first-order valence-electron chi connectivity index (χ1n) is 4.72. The topological polar surface area (TPSA) is 44.3 Å². The van der Waals surface area contributed by atoms with Crippen LogP contribution in [0, 0.1) is 0 Å². The van der Waals surface area contributed by atoms with Crippen molar-refractivity contribution in [3.63, 3.8) is 0 Å². The summed E-state index contributed by atoms with van der Waals surface area (Å²) in [5.41, 5.74) is 1.21. The Labute approximate surface area is 91.2 Å². The molecule has 0 aliphatic carbocycles. The molecule has 0 radical (unpaired) electrons. The Morgan fingerprint density at radius 2 is 1.69 bits per heavy atom. The third-order valence-electron chi connectivity index (χ3n) is 1.84. The Morgan fingerprint density at radius 3 is 2.12 bits per heavy atom. The van der Waals surface area contributed by atoms with Crippen molar-refractivity contribution < 1.29 is 18.4 Å². The van der Waals surface area contributed by atoms with E-state index in [1.54, 1.807) is 5.48 Å². The molecule has 1 aromatic rings. The zero-order valence-corrected chi connectivity index (χ0v) is 8.89. The molecule has 0 saturated carbocycles. The number of rotatable bonds is 3. The van der Waals surface area contributed by atoms with Crippen LogP contribution in [0.25, 0.3) is 0 Å². The van der Waals surface area contributed by atoms with Gasteiger partial charge >= 0.3 is 6.18 Å². The molecule has 16 heavy (non-hydrogen) atoms. The van der Waals surface area contributed by atoms with Crippen LogP contribution in [0.2, 0.25) is 0 Å². The van der Waals surface area contributed by atoms with Crippen LogP contribution in [0.1, 0.15) is 19.4 Å². The van der Waals surface area contributed by atoms with Crippen LogP contribution in [-0.2, 0) is 6.18 Å². The molecule has 3 N–H and O–H groups in total. The lowest BCUT2D eigenvalue weighted by molar-refractivity contribution is -0.137. The van der Waals surface area contributed by atoms with Gasteiger partial charge in [0.2, 0.25) is 0 Å². The number of benzene rings is 1. The van der Waals surface area contributed by atoms with Gasteiger partial charge in [0.15, 0.2) is 0 Å². The molecule has 0 heterocycles. The molecule has 0 saturated heterocycles. The highest BCUT2D eigenvalue weighted by molar-refractivity contribution is 5.59. The predicted octanol–water partition coefficient (Wildman–Crippen LogP) is 3.33. The zero-order valence-electron chi connectivity index (χ0n) is 8.89. The Morgan fingerprint density at radius 1 is 1.12 bits per heavy atom. The molecule has 0 aliphatic rings. The minimum atomic E-state index is -4.43. The SMILES string of the molecule is CC(C)Nc1cc(NO)cc(C(F)(F)F)c1. The maximum atomic E-state index is 12.5. The van der Waals surface area contributed by atoms with Gasteiger partial charge in [-0.25, -0.2) is 0 Å². The summed E-state index contributed by atoms with van der Waals surface area (Å²) in [7, 11) is 0. The maximum Gasteiger partial charge on any atom is 0.416 e. The number of anilines is 2. The third-order valence-corrected chi connectivity index (χ3v) is 1.84. The predicted molar refractivity (Wildman–Crippen MR) is 55.6 cm³/mol. The van der Waals surface area contributed by atoms with Crippen molar-refractivity contribution in [2.24, 2.45) is 0 Å². The molecule has 1 aromatic carbocycles. The Bertz CT molecular complexity index is 364. The molecule has 0 amide bonds. The average molecular weight is 234 g/mol. The van der Waals surface area contributed by atoms with Crippen molar-refractivity contribution in [2.45, 2.75) is 26.1 Å². The lowest BCUT2D eigenvalue weighted by Crippen LogP contribution is -2.12. The summed E-state index contributed by atoms with van der Waals surface area (Å²) in [6.07, 6.45) is -4.43. The summed E-state index contributed by atoms with van der Waals surface area (Å²) in [6, 6.07) is 3.25. The van der Waals surface area contributed by atoms with Gasteiger partial charge in [-0.2, -0.15) is 13.2 Å². The molecule has 0 atom stereocenters. The highest BCUT2D eigenvalue weighted by Crippen LogP contribution is 2.33. The van der Waals surface area contributed by atoms with Gasteiger partial charge in [-0.15, -0.1) is 0 Å². The number of hydrogen-bond donors (Lipinski definition) is 3. The van der Waals surface area contributed by atoms with E-state index in [0.717, 1.165) is 12.1 Å². The first-order valence-corrected chi connectivity index (χ1v) is 4.72. The van der Waals surface area contributed by atoms with E-state index >= 15 is 0 Å². The number of hydrogen-bond acceptors (Lipinski definition) is 3. The summed E-state index contributed by atoms with van der Waals surface area (Å²) in [6.45, 7) is 3.62. The Balaban J connectivity index is 3.11. The minimum absolute atomic E-state index is 0.00187. The fourth-order valence-electron chi connectivity index (χ4n) is 1.27. The van der Waals surface area contributed by atoms with Gasteiger partial charge in [0.25, 0.3) is 0 Å². The summed E-state index contributed by atoms with van der Waals surface area (Å²) >= 11 is 0. The minimum Gasteiger partial charge on any atom is -0.383 e. The Hall–Kier alpha value is -1.43. The molecule has 3 nitrogen and oxygen atoms in total. The smallest absolute Gasteiger partial charge is 0.383 e. The molecule has 0 aliphatic heterocycles. The quantitative estimate of drug-likeness (QED) is 0.703.